The van der Waals surface area contributed by atoms with Gasteiger partial charge in [-0.15, -0.1) is 21.5 Å². The lowest BCUT2D eigenvalue weighted by Gasteiger charge is -2.26. The van der Waals surface area contributed by atoms with Gasteiger partial charge in [0.2, 0.25) is 5.91 Å². The van der Waals surface area contributed by atoms with Crippen LogP contribution in [0.15, 0.2) is 40.0 Å². The second-order valence-electron chi connectivity index (χ2n) is 8.70. The zero-order chi connectivity index (χ0) is 22.6. The number of hydrogen-bond donors (Lipinski definition) is 1. The summed E-state index contributed by atoms with van der Waals surface area (Å²) in [6, 6.07) is 10.2. The second kappa shape index (κ2) is 10.4. The summed E-state index contributed by atoms with van der Waals surface area (Å²) in [5, 5.41) is 11.7. The number of nitrogens with zero attached hydrogens (tertiary/aromatic N) is 3. The normalized spacial score (nSPS) is 18.8. The van der Waals surface area contributed by atoms with Gasteiger partial charge in [0.15, 0.2) is 0 Å². The van der Waals surface area contributed by atoms with Crippen molar-refractivity contribution in [3.8, 4) is 10.8 Å². The van der Waals surface area contributed by atoms with E-state index in [0.717, 1.165) is 62.2 Å². The Balaban J connectivity index is 1.11. The Bertz CT molecular complexity index is 1090. The molecule has 33 heavy (non-hydrogen) atoms. The number of ether oxygens (including phenoxy) is 1. The number of benzene rings is 1. The summed E-state index contributed by atoms with van der Waals surface area (Å²) in [7, 11) is 0. The molecule has 0 unspecified atom stereocenters. The fraction of sp³-hybridized carbons (Fsp3) is 0.458. The fourth-order valence-electron chi connectivity index (χ4n) is 4.21. The van der Waals surface area contributed by atoms with Crippen LogP contribution >= 0.6 is 23.1 Å². The predicted octanol–water partition coefficient (Wildman–Crippen LogP) is 4.49. The van der Waals surface area contributed by atoms with Crippen LogP contribution in [0.25, 0.3) is 10.8 Å². The van der Waals surface area contributed by atoms with E-state index in [9.17, 15) is 4.79 Å². The Hall–Kier alpha value is -2.20. The van der Waals surface area contributed by atoms with E-state index < -0.39 is 0 Å². The van der Waals surface area contributed by atoms with Gasteiger partial charge >= 0.3 is 0 Å². The monoisotopic (exact) mass is 484 g/mol. The number of aryl methyl sites for hydroxylation is 1. The van der Waals surface area contributed by atoms with Crippen molar-refractivity contribution in [1.82, 2.24) is 15.1 Å². The topological polar surface area (TPSA) is 80.5 Å². The van der Waals surface area contributed by atoms with E-state index >= 15 is 0 Å². The SMILES string of the molecule is C[C@H]1CCc2sc(-c3nnc(SCC(=O)Nc4ccc(CN5CCOCC5)cc4)o3)cc2C1. The molecule has 3 heterocycles. The van der Waals surface area contributed by atoms with Gasteiger partial charge in [0.05, 0.1) is 23.8 Å². The average molecular weight is 485 g/mol. The van der Waals surface area contributed by atoms with Crippen molar-refractivity contribution in [3.63, 3.8) is 0 Å². The maximum absolute atomic E-state index is 12.4. The Morgan fingerprint density at radius 1 is 1.24 bits per heavy atom. The highest BCUT2D eigenvalue weighted by Gasteiger charge is 2.21. The van der Waals surface area contributed by atoms with Gasteiger partial charge in [-0.05, 0) is 54.5 Å². The molecule has 5 rings (SSSR count). The van der Waals surface area contributed by atoms with Crippen LogP contribution in [0.4, 0.5) is 5.69 Å². The van der Waals surface area contributed by atoms with Crippen LogP contribution in [-0.2, 0) is 28.9 Å². The third kappa shape index (κ3) is 5.84. The molecule has 1 fully saturated rings. The number of rotatable bonds is 7. The predicted molar refractivity (Wildman–Crippen MR) is 131 cm³/mol. The molecular formula is C24H28N4O3S2. The van der Waals surface area contributed by atoms with Gasteiger partial charge in [-0.1, -0.05) is 30.8 Å². The second-order valence-corrected chi connectivity index (χ2v) is 10.8. The number of fused-ring (bicyclic) bond motifs is 1. The van der Waals surface area contributed by atoms with Crippen LogP contribution < -0.4 is 5.32 Å². The minimum atomic E-state index is -0.0961. The zero-order valence-corrected chi connectivity index (χ0v) is 20.3. The van der Waals surface area contributed by atoms with Crippen molar-refractivity contribution in [2.75, 3.05) is 37.4 Å². The number of morpholine rings is 1. The maximum atomic E-state index is 12.4. The Morgan fingerprint density at radius 2 is 2.06 bits per heavy atom. The standard InChI is InChI=1S/C24H28N4O3S2/c1-16-2-7-20-18(12-16)13-21(33-20)23-26-27-24(31-23)32-15-22(29)25-19-5-3-17(4-6-19)14-28-8-10-30-11-9-28/h3-6,13,16H,2,7-12,14-15H2,1H3,(H,25,29)/t16-/m0/s1. The molecule has 7 nitrogen and oxygen atoms in total. The van der Waals surface area contributed by atoms with Gasteiger partial charge in [0.25, 0.3) is 11.1 Å². The first-order chi connectivity index (χ1) is 16.1. The van der Waals surface area contributed by atoms with Gasteiger partial charge in [-0.2, -0.15) is 0 Å². The highest BCUT2D eigenvalue weighted by molar-refractivity contribution is 7.99. The number of thioether (sulfide) groups is 1. The van der Waals surface area contributed by atoms with Gasteiger partial charge < -0.3 is 14.5 Å². The van der Waals surface area contributed by atoms with Crippen molar-refractivity contribution >= 4 is 34.7 Å². The van der Waals surface area contributed by atoms with Gasteiger partial charge in [-0.3, -0.25) is 9.69 Å². The molecule has 2 aromatic heterocycles. The van der Waals surface area contributed by atoms with Crippen LogP contribution in [-0.4, -0.2) is 53.1 Å². The van der Waals surface area contributed by atoms with Crippen molar-refractivity contribution < 1.29 is 13.9 Å². The Kier molecular flexibility index (Phi) is 7.10. The lowest BCUT2D eigenvalue weighted by molar-refractivity contribution is -0.113. The molecule has 0 spiro atoms. The lowest BCUT2D eigenvalue weighted by Crippen LogP contribution is -2.35. The Morgan fingerprint density at radius 3 is 2.88 bits per heavy atom. The molecule has 0 bridgehead atoms. The summed E-state index contributed by atoms with van der Waals surface area (Å²) < 4.78 is 11.2. The first kappa shape index (κ1) is 22.6. The number of carbonyl (C=O) groups excluding carboxylic acids is 1. The van der Waals surface area contributed by atoms with Gasteiger partial charge in [0, 0.05) is 30.2 Å². The zero-order valence-electron chi connectivity index (χ0n) is 18.7. The van der Waals surface area contributed by atoms with Crippen molar-refractivity contribution in [1.29, 1.82) is 0 Å². The highest BCUT2D eigenvalue weighted by Crippen LogP contribution is 2.37. The van der Waals surface area contributed by atoms with E-state index in [1.54, 1.807) is 11.3 Å². The van der Waals surface area contributed by atoms with E-state index in [-0.39, 0.29) is 11.7 Å². The number of thiophene rings is 1. The molecule has 0 radical (unpaired) electrons. The minimum absolute atomic E-state index is 0.0961. The molecule has 1 N–H and O–H groups in total. The summed E-state index contributed by atoms with van der Waals surface area (Å²) in [6.45, 7) is 6.71. The molecule has 2 aliphatic rings. The van der Waals surface area contributed by atoms with Crippen LogP contribution in [0, 0.1) is 5.92 Å². The first-order valence-corrected chi connectivity index (χ1v) is 13.2. The molecule has 1 aliphatic carbocycles. The van der Waals surface area contributed by atoms with E-state index in [1.807, 2.05) is 12.1 Å². The summed E-state index contributed by atoms with van der Waals surface area (Å²) in [6.07, 6.45) is 3.49. The molecule has 1 aliphatic heterocycles. The molecule has 1 amide bonds. The smallest absolute Gasteiger partial charge is 0.277 e. The van der Waals surface area contributed by atoms with Crippen LogP contribution in [0.1, 0.15) is 29.3 Å². The minimum Gasteiger partial charge on any atom is -0.410 e. The van der Waals surface area contributed by atoms with Crippen LogP contribution in [0.2, 0.25) is 0 Å². The highest BCUT2D eigenvalue weighted by atomic mass is 32.2. The molecule has 1 saturated heterocycles. The molecular weight excluding hydrogens is 456 g/mol. The Labute approximate surface area is 201 Å². The number of amides is 1. The van der Waals surface area contributed by atoms with E-state index in [2.05, 4.69) is 45.5 Å². The summed E-state index contributed by atoms with van der Waals surface area (Å²) in [4.78, 5) is 17.2. The molecule has 1 atom stereocenters. The van der Waals surface area contributed by atoms with E-state index in [4.69, 9.17) is 9.15 Å². The summed E-state index contributed by atoms with van der Waals surface area (Å²) in [5.41, 5.74) is 3.43. The number of carbonyl (C=O) groups is 1. The number of aromatic nitrogens is 2. The fourth-order valence-corrected chi connectivity index (χ4v) is 5.91. The molecule has 174 valence electrons. The summed E-state index contributed by atoms with van der Waals surface area (Å²) in [5.74, 6) is 1.39. The van der Waals surface area contributed by atoms with Crippen molar-refractivity contribution in [2.24, 2.45) is 5.92 Å². The van der Waals surface area contributed by atoms with Crippen LogP contribution in [0.3, 0.4) is 0 Å². The summed E-state index contributed by atoms with van der Waals surface area (Å²) >= 11 is 3.01. The molecule has 0 saturated carbocycles. The van der Waals surface area contributed by atoms with Crippen molar-refractivity contribution in [3.05, 3.63) is 46.3 Å². The third-order valence-corrected chi connectivity index (χ3v) is 8.06. The molecule has 3 aromatic rings. The quantitative estimate of drug-likeness (QED) is 0.495. The van der Waals surface area contributed by atoms with Crippen LogP contribution in [0.5, 0.6) is 0 Å². The maximum Gasteiger partial charge on any atom is 0.277 e. The number of nitrogens with one attached hydrogen (secondary N) is 1. The number of anilines is 1. The first-order valence-electron chi connectivity index (χ1n) is 11.4. The largest absolute Gasteiger partial charge is 0.410 e. The lowest BCUT2D eigenvalue weighted by atomic mass is 9.90. The molecule has 1 aromatic carbocycles. The van der Waals surface area contributed by atoms with Gasteiger partial charge in [0.1, 0.15) is 0 Å². The van der Waals surface area contributed by atoms with E-state index in [0.29, 0.717) is 11.1 Å². The number of hydrogen-bond acceptors (Lipinski definition) is 8. The average Bonchev–Trinajstić information content (AvgIpc) is 3.46. The van der Waals surface area contributed by atoms with Crippen molar-refractivity contribution in [2.45, 2.75) is 38.0 Å². The third-order valence-electron chi connectivity index (χ3n) is 6.02. The molecule has 9 heteroatoms. The van der Waals surface area contributed by atoms with E-state index in [1.165, 1.54) is 34.2 Å². The van der Waals surface area contributed by atoms with Gasteiger partial charge in [-0.25, -0.2) is 0 Å².